The molecule has 0 N–H and O–H groups in total. The third-order valence-corrected chi connectivity index (χ3v) is 5.57. The number of hydrogen-bond donors (Lipinski definition) is 0. The zero-order chi connectivity index (χ0) is 14.9. The van der Waals surface area contributed by atoms with Crippen molar-refractivity contribution in [3.05, 3.63) is 21.6 Å². The van der Waals surface area contributed by atoms with Crippen LogP contribution >= 0.6 is 35.7 Å². The van der Waals surface area contributed by atoms with Crippen molar-refractivity contribution in [1.29, 1.82) is 0 Å². The minimum atomic E-state index is -1.32. The first-order valence-corrected chi connectivity index (χ1v) is 8.11. The topological polar surface area (TPSA) is 63.7 Å². The molecule has 2 aliphatic rings. The van der Waals surface area contributed by atoms with E-state index in [1.165, 1.54) is 0 Å². The van der Waals surface area contributed by atoms with E-state index in [2.05, 4.69) is 4.90 Å². The number of amides is 1. The smallest absolute Gasteiger partial charge is 0.548 e. The molecule has 1 amide bonds. The summed E-state index contributed by atoms with van der Waals surface area (Å²) in [5, 5.41) is 11.7. The van der Waals surface area contributed by atoms with E-state index in [9.17, 15) is 14.7 Å². The molecule has 2 heterocycles. The standard InChI is InChI=1S/C12H14N2O3S3.Na/c1-7(5-8-13(2)3-4-19-8)10-11(17)14(6-9(15)16)12(18)20-10;/h5H,3-4,6H2,1-2H3,(H,15,16);/q;+1/p-1/b8-5+,10-7-;. The summed E-state index contributed by atoms with van der Waals surface area (Å²) in [6.45, 7) is 2.33. The van der Waals surface area contributed by atoms with Gasteiger partial charge in [0, 0.05) is 19.3 Å². The van der Waals surface area contributed by atoms with Gasteiger partial charge in [0.05, 0.1) is 22.4 Å². The van der Waals surface area contributed by atoms with Crippen molar-refractivity contribution in [2.45, 2.75) is 6.92 Å². The molecule has 21 heavy (non-hydrogen) atoms. The summed E-state index contributed by atoms with van der Waals surface area (Å²) in [5.74, 6) is -0.643. The summed E-state index contributed by atoms with van der Waals surface area (Å²) in [6.07, 6.45) is 1.95. The summed E-state index contributed by atoms with van der Waals surface area (Å²) < 4.78 is 0.263. The number of carboxylic acid groups (broad SMARTS) is 1. The maximum atomic E-state index is 12.2. The zero-order valence-electron chi connectivity index (χ0n) is 12.0. The van der Waals surface area contributed by atoms with E-state index in [1.807, 2.05) is 20.0 Å². The van der Waals surface area contributed by atoms with Gasteiger partial charge in [-0.3, -0.25) is 9.69 Å². The fourth-order valence-electron chi connectivity index (χ4n) is 1.82. The molecule has 0 unspecified atom stereocenters. The summed E-state index contributed by atoms with van der Waals surface area (Å²) >= 11 is 7.92. The third-order valence-electron chi connectivity index (χ3n) is 2.89. The Morgan fingerprint density at radius 1 is 1.52 bits per heavy atom. The van der Waals surface area contributed by atoms with Gasteiger partial charge in [-0.1, -0.05) is 24.0 Å². The van der Waals surface area contributed by atoms with Crippen LogP contribution in [0.15, 0.2) is 21.6 Å². The summed E-state index contributed by atoms with van der Waals surface area (Å²) in [6, 6.07) is 0. The normalized spacial score (nSPS) is 22.9. The fourth-order valence-corrected chi connectivity index (χ4v) is 4.21. The first kappa shape index (κ1) is 19.1. The van der Waals surface area contributed by atoms with Gasteiger partial charge in [-0.15, -0.1) is 11.8 Å². The molecule has 5 nitrogen and oxygen atoms in total. The molecule has 0 spiro atoms. The first-order chi connectivity index (χ1) is 9.40. The molecule has 0 aromatic rings. The maximum absolute atomic E-state index is 12.2. The van der Waals surface area contributed by atoms with Crippen molar-refractivity contribution in [1.82, 2.24) is 9.80 Å². The number of aliphatic carboxylic acids is 1. The van der Waals surface area contributed by atoms with E-state index in [0.29, 0.717) is 4.91 Å². The van der Waals surface area contributed by atoms with Gasteiger partial charge in [0.1, 0.15) is 4.32 Å². The predicted molar refractivity (Wildman–Crippen MR) is 82.8 cm³/mol. The second-order valence-corrected chi connectivity index (χ2v) is 7.16. The van der Waals surface area contributed by atoms with Crippen LogP contribution in [-0.4, -0.2) is 51.9 Å². The Morgan fingerprint density at radius 2 is 2.19 bits per heavy atom. The van der Waals surface area contributed by atoms with Gasteiger partial charge in [-0.05, 0) is 18.6 Å². The van der Waals surface area contributed by atoms with Crippen LogP contribution in [0, 0.1) is 0 Å². The number of carbonyl (C=O) groups is 2. The van der Waals surface area contributed by atoms with E-state index in [0.717, 1.165) is 39.6 Å². The second kappa shape index (κ2) is 8.03. The van der Waals surface area contributed by atoms with Crippen LogP contribution in [0.25, 0.3) is 0 Å². The van der Waals surface area contributed by atoms with Crippen LogP contribution in [0.3, 0.4) is 0 Å². The Morgan fingerprint density at radius 3 is 2.71 bits per heavy atom. The van der Waals surface area contributed by atoms with Gasteiger partial charge in [-0.25, -0.2) is 0 Å². The minimum absolute atomic E-state index is 0. The minimum Gasteiger partial charge on any atom is -0.548 e. The number of carbonyl (C=O) groups excluding carboxylic acids is 2. The third kappa shape index (κ3) is 4.49. The Bertz CT molecular complexity index is 548. The van der Waals surface area contributed by atoms with E-state index in [-0.39, 0.29) is 39.8 Å². The molecular formula is C12H13N2NaO3S3. The van der Waals surface area contributed by atoms with E-state index < -0.39 is 12.5 Å². The van der Waals surface area contributed by atoms with Crippen LogP contribution in [0.1, 0.15) is 6.92 Å². The van der Waals surface area contributed by atoms with Crippen molar-refractivity contribution >= 4 is 51.9 Å². The number of hydrogen-bond acceptors (Lipinski definition) is 7. The van der Waals surface area contributed by atoms with Crippen molar-refractivity contribution < 1.29 is 44.3 Å². The van der Waals surface area contributed by atoms with Gasteiger partial charge < -0.3 is 14.8 Å². The van der Waals surface area contributed by atoms with Gasteiger partial charge in [-0.2, -0.15) is 0 Å². The Balaban J connectivity index is 0.00000220. The molecule has 0 aromatic heterocycles. The van der Waals surface area contributed by atoms with Crippen LogP contribution in [0.2, 0.25) is 0 Å². The van der Waals surface area contributed by atoms with E-state index in [4.69, 9.17) is 12.2 Å². The van der Waals surface area contributed by atoms with Gasteiger partial charge in [0.15, 0.2) is 0 Å². The Labute approximate surface area is 159 Å². The summed E-state index contributed by atoms with van der Waals surface area (Å²) in [4.78, 5) is 26.5. The quantitative estimate of drug-likeness (QED) is 0.313. The van der Waals surface area contributed by atoms with Crippen LogP contribution in [0.5, 0.6) is 0 Å². The number of nitrogens with zero attached hydrogens (tertiary/aromatic N) is 2. The molecule has 2 rings (SSSR count). The SMILES string of the molecule is CC(/C=C1/SCCN1C)=C1/SC(=S)N(CC(=O)[O-])C1=O.[Na+]. The molecule has 2 aliphatic heterocycles. The molecule has 2 saturated heterocycles. The Hall–Kier alpha value is 0.01000. The van der Waals surface area contributed by atoms with Crippen molar-refractivity contribution in [2.75, 3.05) is 25.9 Å². The monoisotopic (exact) mass is 352 g/mol. The number of rotatable bonds is 3. The number of thioether (sulfide) groups is 2. The van der Waals surface area contributed by atoms with E-state index >= 15 is 0 Å². The maximum Gasteiger partial charge on any atom is 1.00 e. The molecule has 0 aliphatic carbocycles. The number of thiocarbonyl (C=S) groups is 1. The molecule has 0 saturated carbocycles. The van der Waals surface area contributed by atoms with Gasteiger partial charge in [0.2, 0.25) is 0 Å². The molecule has 0 radical (unpaired) electrons. The largest absolute Gasteiger partial charge is 1.00 e. The van der Waals surface area contributed by atoms with Gasteiger partial charge in [0.25, 0.3) is 5.91 Å². The van der Waals surface area contributed by atoms with Crippen molar-refractivity contribution in [3.8, 4) is 0 Å². The number of allylic oxidation sites excluding steroid dienone is 2. The molecule has 0 atom stereocenters. The molecule has 9 heteroatoms. The van der Waals surface area contributed by atoms with Crippen molar-refractivity contribution in [2.24, 2.45) is 0 Å². The first-order valence-electron chi connectivity index (χ1n) is 5.90. The number of carboxylic acids is 1. The second-order valence-electron chi connectivity index (χ2n) is 4.40. The fraction of sp³-hybridized carbons (Fsp3) is 0.417. The molecular weight excluding hydrogens is 339 g/mol. The Kier molecular flexibility index (Phi) is 7.29. The zero-order valence-corrected chi connectivity index (χ0v) is 16.5. The van der Waals surface area contributed by atoms with Crippen LogP contribution < -0.4 is 34.7 Å². The van der Waals surface area contributed by atoms with Crippen LogP contribution in [-0.2, 0) is 9.59 Å². The van der Waals surface area contributed by atoms with Crippen molar-refractivity contribution in [3.63, 3.8) is 0 Å². The molecule has 2 fully saturated rings. The predicted octanol–water partition coefficient (Wildman–Crippen LogP) is -2.61. The molecule has 108 valence electrons. The van der Waals surface area contributed by atoms with Crippen LogP contribution in [0.4, 0.5) is 0 Å². The van der Waals surface area contributed by atoms with E-state index in [1.54, 1.807) is 11.8 Å². The average molecular weight is 352 g/mol. The molecule has 0 aromatic carbocycles. The molecule has 0 bridgehead atoms. The summed E-state index contributed by atoms with van der Waals surface area (Å²) in [5.41, 5.74) is 0.805. The van der Waals surface area contributed by atoms with Gasteiger partial charge >= 0.3 is 29.6 Å². The summed E-state index contributed by atoms with van der Waals surface area (Å²) in [7, 11) is 2.00. The average Bonchev–Trinajstić information content (AvgIpc) is 2.88.